The molecule has 3 nitrogen and oxygen atoms in total. The van der Waals surface area contributed by atoms with Crippen LogP contribution in [0.3, 0.4) is 0 Å². The molecule has 0 aromatic carbocycles. The molecular weight excluding hydrogens is 212 g/mol. The molecule has 0 spiro atoms. The van der Waals surface area contributed by atoms with E-state index in [4.69, 9.17) is 9.68 Å². The largest absolute Gasteiger partial charge is 0.449 e. The number of nitriles is 1. The lowest BCUT2D eigenvalue weighted by atomic mass is 10.0. The second-order valence-electron chi connectivity index (χ2n) is 6.00. The van der Waals surface area contributed by atoms with E-state index in [1.165, 1.54) is 0 Å². The molecule has 0 unspecified atom stereocenters. The lowest BCUT2D eigenvalue weighted by Gasteiger charge is -2.04. The van der Waals surface area contributed by atoms with Gasteiger partial charge < -0.3 is 9.73 Å². The Balaban J connectivity index is 1.80. The van der Waals surface area contributed by atoms with Crippen LogP contribution in [-0.4, -0.2) is 6.54 Å². The van der Waals surface area contributed by atoms with Gasteiger partial charge in [-0.25, -0.2) is 0 Å². The number of nitrogens with zero attached hydrogens (tertiary/aromatic N) is 1. The van der Waals surface area contributed by atoms with Crippen molar-refractivity contribution in [2.45, 2.75) is 34.2 Å². The first-order valence-corrected chi connectivity index (χ1v) is 6.09. The van der Waals surface area contributed by atoms with E-state index in [2.05, 4.69) is 33.0 Å². The first-order chi connectivity index (χ1) is 7.89. The molecule has 2 rings (SSSR count). The van der Waals surface area contributed by atoms with E-state index in [-0.39, 0.29) is 0 Å². The van der Waals surface area contributed by atoms with Gasteiger partial charge in [0.2, 0.25) is 5.76 Å². The van der Waals surface area contributed by atoms with Gasteiger partial charge in [0.1, 0.15) is 11.8 Å². The standard InChI is InChI=1S/C14H20N2O/c1-13(2)12(14(13,3)4)9-16-8-11-6-5-10(7-15)17-11/h5-6,12,16H,8-9H2,1-4H3. The summed E-state index contributed by atoms with van der Waals surface area (Å²) in [5.41, 5.74) is 0.835. The zero-order valence-corrected chi connectivity index (χ0v) is 11.0. The van der Waals surface area contributed by atoms with Crippen LogP contribution in [0.15, 0.2) is 16.5 Å². The Hall–Kier alpha value is -1.27. The third kappa shape index (κ3) is 1.98. The van der Waals surface area contributed by atoms with Gasteiger partial charge >= 0.3 is 0 Å². The molecule has 3 heteroatoms. The van der Waals surface area contributed by atoms with E-state index in [0.29, 0.717) is 29.1 Å². The van der Waals surface area contributed by atoms with Crippen molar-refractivity contribution < 1.29 is 4.42 Å². The Bertz CT molecular complexity index is 437. The van der Waals surface area contributed by atoms with Crippen LogP contribution in [0.4, 0.5) is 0 Å². The van der Waals surface area contributed by atoms with Crippen LogP contribution in [0.2, 0.25) is 0 Å². The highest BCUT2D eigenvalue weighted by atomic mass is 16.3. The highest BCUT2D eigenvalue weighted by Crippen LogP contribution is 2.67. The fourth-order valence-electron chi connectivity index (χ4n) is 2.72. The van der Waals surface area contributed by atoms with Crippen molar-refractivity contribution in [3.63, 3.8) is 0 Å². The average molecular weight is 232 g/mol. The minimum atomic E-state index is 0.383. The SMILES string of the molecule is CC1(C)C(CNCc2ccc(C#N)o2)C1(C)C. The normalized spacial score (nSPS) is 21.1. The van der Waals surface area contributed by atoms with E-state index < -0.39 is 0 Å². The topological polar surface area (TPSA) is 49.0 Å². The van der Waals surface area contributed by atoms with Crippen LogP contribution < -0.4 is 5.32 Å². The summed E-state index contributed by atoms with van der Waals surface area (Å²) in [6, 6.07) is 5.56. The molecule has 0 aliphatic heterocycles. The highest BCUT2D eigenvalue weighted by molar-refractivity contribution is 5.19. The van der Waals surface area contributed by atoms with Crippen LogP contribution >= 0.6 is 0 Å². The van der Waals surface area contributed by atoms with Crippen molar-refractivity contribution in [3.8, 4) is 6.07 Å². The summed E-state index contributed by atoms with van der Waals surface area (Å²) < 4.78 is 5.32. The second-order valence-corrected chi connectivity index (χ2v) is 6.00. The van der Waals surface area contributed by atoms with Gasteiger partial charge in [0.25, 0.3) is 0 Å². The maximum Gasteiger partial charge on any atom is 0.203 e. The summed E-state index contributed by atoms with van der Waals surface area (Å²) in [5, 5.41) is 12.1. The maximum absolute atomic E-state index is 8.65. The molecule has 92 valence electrons. The van der Waals surface area contributed by atoms with Crippen molar-refractivity contribution in [1.82, 2.24) is 5.32 Å². The molecule has 0 bridgehead atoms. The Morgan fingerprint density at radius 1 is 1.29 bits per heavy atom. The average Bonchev–Trinajstić information content (AvgIpc) is 2.64. The Morgan fingerprint density at radius 3 is 2.41 bits per heavy atom. The van der Waals surface area contributed by atoms with E-state index in [1.807, 2.05) is 12.1 Å². The number of nitrogens with one attached hydrogen (secondary N) is 1. The molecule has 1 aromatic rings. The van der Waals surface area contributed by atoms with Crippen molar-refractivity contribution in [2.24, 2.45) is 16.7 Å². The van der Waals surface area contributed by atoms with Crippen molar-refractivity contribution in [1.29, 1.82) is 5.26 Å². The van der Waals surface area contributed by atoms with E-state index in [9.17, 15) is 0 Å². The minimum Gasteiger partial charge on any atom is -0.449 e. The fraction of sp³-hybridized carbons (Fsp3) is 0.643. The van der Waals surface area contributed by atoms with Crippen LogP contribution in [0.1, 0.15) is 39.2 Å². The number of furan rings is 1. The monoisotopic (exact) mass is 232 g/mol. The van der Waals surface area contributed by atoms with Gasteiger partial charge in [-0.2, -0.15) is 5.26 Å². The molecule has 1 aromatic heterocycles. The summed E-state index contributed by atoms with van der Waals surface area (Å²) in [5.74, 6) is 1.92. The smallest absolute Gasteiger partial charge is 0.203 e. The number of hydrogen-bond acceptors (Lipinski definition) is 3. The van der Waals surface area contributed by atoms with Crippen LogP contribution in [0.25, 0.3) is 0 Å². The van der Waals surface area contributed by atoms with Crippen LogP contribution in [0.5, 0.6) is 0 Å². The van der Waals surface area contributed by atoms with Gasteiger partial charge in [-0.15, -0.1) is 0 Å². The molecule has 1 N–H and O–H groups in total. The van der Waals surface area contributed by atoms with E-state index in [1.54, 1.807) is 6.07 Å². The van der Waals surface area contributed by atoms with Crippen molar-refractivity contribution in [3.05, 3.63) is 23.7 Å². The van der Waals surface area contributed by atoms with Crippen molar-refractivity contribution >= 4 is 0 Å². The number of hydrogen-bond donors (Lipinski definition) is 1. The second kappa shape index (κ2) is 3.89. The Morgan fingerprint density at radius 2 is 1.94 bits per heavy atom. The Kier molecular flexibility index (Phi) is 2.79. The van der Waals surface area contributed by atoms with Crippen LogP contribution in [0, 0.1) is 28.1 Å². The minimum absolute atomic E-state index is 0.383. The molecule has 1 aliphatic rings. The molecule has 0 radical (unpaired) electrons. The Labute approximate surface area is 103 Å². The maximum atomic E-state index is 8.65. The highest BCUT2D eigenvalue weighted by Gasteiger charge is 2.63. The third-order valence-corrected chi connectivity index (χ3v) is 4.74. The molecule has 0 atom stereocenters. The predicted molar refractivity (Wildman–Crippen MR) is 66.2 cm³/mol. The predicted octanol–water partition coefficient (Wildman–Crippen LogP) is 2.92. The third-order valence-electron chi connectivity index (χ3n) is 4.74. The van der Waals surface area contributed by atoms with E-state index in [0.717, 1.165) is 12.3 Å². The summed E-state index contributed by atoms with van der Waals surface area (Å²) >= 11 is 0. The first kappa shape index (κ1) is 12.2. The van der Waals surface area contributed by atoms with E-state index >= 15 is 0 Å². The molecular formula is C14H20N2O. The van der Waals surface area contributed by atoms with Gasteiger partial charge in [-0.1, -0.05) is 27.7 Å². The molecule has 17 heavy (non-hydrogen) atoms. The molecule has 0 saturated heterocycles. The van der Waals surface area contributed by atoms with Gasteiger partial charge in [0.05, 0.1) is 6.54 Å². The molecule has 1 heterocycles. The molecule has 0 amide bonds. The summed E-state index contributed by atoms with van der Waals surface area (Å²) in [6.45, 7) is 11.0. The zero-order chi connectivity index (χ0) is 12.7. The number of rotatable bonds is 4. The quantitative estimate of drug-likeness (QED) is 0.868. The van der Waals surface area contributed by atoms with Gasteiger partial charge in [0.15, 0.2) is 0 Å². The first-order valence-electron chi connectivity index (χ1n) is 6.09. The lowest BCUT2D eigenvalue weighted by molar-refractivity contribution is 0.456. The summed E-state index contributed by atoms with van der Waals surface area (Å²) in [4.78, 5) is 0. The molecule has 1 fully saturated rings. The summed E-state index contributed by atoms with van der Waals surface area (Å²) in [7, 11) is 0. The van der Waals surface area contributed by atoms with Gasteiger partial charge in [-0.05, 0) is 35.4 Å². The van der Waals surface area contributed by atoms with Gasteiger partial charge in [-0.3, -0.25) is 0 Å². The zero-order valence-electron chi connectivity index (χ0n) is 11.0. The van der Waals surface area contributed by atoms with Gasteiger partial charge in [0, 0.05) is 0 Å². The fourth-order valence-corrected chi connectivity index (χ4v) is 2.72. The molecule has 1 saturated carbocycles. The van der Waals surface area contributed by atoms with Crippen LogP contribution in [-0.2, 0) is 6.54 Å². The lowest BCUT2D eigenvalue weighted by Crippen LogP contribution is -2.18. The van der Waals surface area contributed by atoms with Crippen molar-refractivity contribution in [2.75, 3.05) is 6.54 Å². The molecule has 1 aliphatic carbocycles. The summed E-state index contributed by atoms with van der Waals surface area (Å²) in [6.07, 6.45) is 0.